The Hall–Kier alpha value is -1.20. The lowest BCUT2D eigenvalue weighted by Crippen LogP contribution is -2.14. The first-order chi connectivity index (χ1) is 7.48. The molecule has 0 radical (unpaired) electrons. The van der Waals surface area contributed by atoms with Crippen LogP contribution in [0, 0.1) is 0 Å². The van der Waals surface area contributed by atoms with Crippen LogP contribution < -0.4 is 0 Å². The van der Waals surface area contributed by atoms with Crippen molar-refractivity contribution >= 4 is 0 Å². The zero-order valence-electron chi connectivity index (χ0n) is 9.34. The smallest absolute Gasteiger partial charge is 0.166 e. The van der Waals surface area contributed by atoms with E-state index in [-0.39, 0.29) is 6.08 Å². The summed E-state index contributed by atoms with van der Waals surface area (Å²) in [6, 6.07) is 0. The van der Waals surface area contributed by atoms with Gasteiger partial charge >= 0.3 is 12.4 Å². The van der Waals surface area contributed by atoms with E-state index >= 15 is 0 Å². The molecule has 0 saturated heterocycles. The predicted molar refractivity (Wildman–Crippen MR) is 53.4 cm³/mol. The van der Waals surface area contributed by atoms with E-state index in [2.05, 4.69) is 6.58 Å². The Morgan fingerprint density at radius 1 is 1.00 bits per heavy atom. The summed E-state index contributed by atoms with van der Waals surface area (Å²) >= 11 is 0. The molecule has 98 valence electrons. The zero-order chi connectivity index (χ0) is 13.9. The molecule has 0 rings (SSSR count). The Bertz CT molecular complexity index is 340. The van der Waals surface area contributed by atoms with Gasteiger partial charge in [0.25, 0.3) is 0 Å². The Kier molecular flexibility index (Phi) is 5.04. The van der Waals surface area contributed by atoms with Crippen LogP contribution >= 0.6 is 0 Å². The SMILES string of the molecule is C=C(/C=C(\C=C(\C)CC)C(F)(F)F)C(F)(F)F. The molecule has 0 aliphatic carbocycles. The van der Waals surface area contributed by atoms with Crippen molar-refractivity contribution in [1.82, 2.24) is 0 Å². The molecule has 0 aliphatic heterocycles. The van der Waals surface area contributed by atoms with Crippen LogP contribution in [0.15, 0.2) is 35.5 Å². The van der Waals surface area contributed by atoms with E-state index in [4.69, 9.17) is 0 Å². The molecule has 6 heteroatoms. The standard InChI is InChI=1S/C11H12F6/c1-4-7(2)5-9(11(15,16)17)6-8(3)10(12,13)14/h5-6H,3-4H2,1-2H3/b7-5-,9-6+. The van der Waals surface area contributed by atoms with E-state index in [0.29, 0.717) is 18.1 Å². The van der Waals surface area contributed by atoms with E-state index in [0.717, 1.165) is 0 Å². The van der Waals surface area contributed by atoms with Crippen molar-refractivity contribution < 1.29 is 26.3 Å². The van der Waals surface area contributed by atoms with Crippen LogP contribution in [-0.2, 0) is 0 Å². The molecule has 0 fully saturated rings. The number of hydrogen-bond acceptors (Lipinski definition) is 0. The van der Waals surface area contributed by atoms with Crippen LogP contribution in [0.25, 0.3) is 0 Å². The normalized spacial score (nSPS) is 15.1. The highest BCUT2D eigenvalue weighted by Gasteiger charge is 2.36. The second-order valence-electron chi connectivity index (χ2n) is 3.46. The fraction of sp³-hybridized carbons (Fsp3) is 0.455. The van der Waals surface area contributed by atoms with Gasteiger partial charge in [0.15, 0.2) is 0 Å². The summed E-state index contributed by atoms with van der Waals surface area (Å²) in [5, 5.41) is 0. The molecule has 0 N–H and O–H groups in total. The van der Waals surface area contributed by atoms with Gasteiger partial charge in [-0.05, 0) is 19.4 Å². The van der Waals surface area contributed by atoms with Gasteiger partial charge < -0.3 is 0 Å². The third kappa shape index (κ3) is 5.60. The van der Waals surface area contributed by atoms with Crippen molar-refractivity contribution in [3.8, 4) is 0 Å². The molecule has 0 aromatic carbocycles. The quantitative estimate of drug-likeness (QED) is 0.496. The van der Waals surface area contributed by atoms with Crippen LogP contribution in [0.4, 0.5) is 26.3 Å². The molecule has 0 aromatic rings. The van der Waals surface area contributed by atoms with E-state index < -0.39 is 23.5 Å². The molecule has 0 nitrogen and oxygen atoms in total. The van der Waals surface area contributed by atoms with E-state index in [1.54, 1.807) is 6.92 Å². The molecule has 0 saturated carbocycles. The van der Waals surface area contributed by atoms with E-state index in [1.807, 2.05) is 0 Å². The van der Waals surface area contributed by atoms with Crippen molar-refractivity contribution in [3.63, 3.8) is 0 Å². The maximum atomic E-state index is 12.4. The molecule has 0 bridgehead atoms. The number of hydrogen-bond donors (Lipinski definition) is 0. The van der Waals surface area contributed by atoms with Crippen molar-refractivity contribution in [2.45, 2.75) is 32.6 Å². The lowest BCUT2D eigenvalue weighted by molar-refractivity contribution is -0.0932. The van der Waals surface area contributed by atoms with Crippen LogP contribution in [-0.4, -0.2) is 12.4 Å². The van der Waals surface area contributed by atoms with E-state index in [9.17, 15) is 26.3 Å². The highest BCUT2D eigenvalue weighted by Crippen LogP contribution is 2.32. The first-order valence-electron chi connectivity index (χ1n) is 4.70. The van der Waals surface area contributed by atoms with Gasteiger partial charge in [0.1, 0.15) is 0 Å². The molecule has 0 unspecified atom stereocenters. The van der Waals surface area contributed by atoms with Gasteiger partial charge in [0.05, 0.1) is 5.57 Å². The molecule has 0 atom stereocenters. The lowest BCUT2D eigenvalue weighted by Gasteiger charge is -2.11. The van der Waals surface area contributed by atoms with Gasteiger partial charge in [-0.1, -0.05) is 25.2 Å². The summed E-state index contributed by atoms with van der Waals surface area (Å²) < 4.78 is 73.6. The number of allylic oxidation sites excluding steroid dienone is 5. The minimum absolute atomic E-state index is 0.0131. The zero-order valence-corrected chi connectivity index (χ0v) is 9.34. The highest BCUT2D eigenvalue weighted by atomic mass is 19.4. The molecule has 0 aliphatic rings. The molecule has 0 aromatic heterocycles. The number of halogens is 6. The summed E-state index contributed by atoms with van der Waals surface area (Å²) in [6.45, 7) is 5.60. The van der Waals surface area contributed by atoms with Crippen LogP contribution in [0.1, 0.15) is 20.3 Å². The van der Waals surface area contributed by atoms with Gasteiger partial charge in [-0.3, -0.25) is 0 Å². The largest absolute Gasteiger partial charge is 0.416 e. The summed E-state index contributed by atoms with van der Waals surface area (Å²) in [5.41, 5.74) is -2.53. The predicted octanol–water partition coefficient (Wildman–Crippen LogP) is 4.95. The third-order valence-electron chi connectivity index (χ3n) is 1.98. The van der Waals surface area contributed by atoms with Crippen molar-refractivity contribution in [1.29, 1.82) is 0 Å². The van der Waals surface area contributed by atoms with Gasteiger partial charge in [-0.25, -0.2) is 0 Å². The van der Waals surface area contributed by atoms with Crippen molar-refractivity contribution in [3.05, 3.63) is 35.5 Å². The number of alkyl halides is 6. The lowest BCUT2D eigenvalue weighted by atomic mass is 10.1. The maximum absolute atomic E-state index is 12.4. The first kappa shape index (κ1) is 15.8. The summed E-state index contributed by atoms with van der Waals surface area (Å²) in [5.74, 6) is 0. The van der Waals surface area contributed by atoms with Crippen LogP contribution in [0.2, 0.25) is 0 Å². The summed E-state index contributed by atoms with van der Waals surface area (Å²) in [4.78, 5) is 0. The summed E-state index contributed by atoms with van der Waals surface area (Å²) in [6.07, 6.45) is -8.66. The maximum Gasteiger partial charge on any atom is 0.416 e. The molecular formula is C11H12F6. The van der Waals surface area contributed by atoms with Gasteiger partial charge in [-0.15, -0.1) is 0 Å². The van der Waals surface area contributed by atoms with Crippen LogP contribution in [0.3, 0.4) is 0 Å². The fourth-order valence-corrected chi connectivity index (χ4v) is 0.842. The monoisotopic (exact) mass is 258 g/mol. The third-order valence-corrected chi connectivity index (χ3v) is 1.98. The first-order valence-corrected chi connectivity index (χ1v) is 4.70. The van der Waals surface area contributed by atoms with Crippen LogP contribution in [0.5, 0.6) is 0 Å². The Morgan fingerprint density at radius 3 is 1.76 bits per heavy atom. The average molecular weight is 258 g/mol. The second kappa shape index (κ2) is 5.42. The Balaban J connectivity index is 5.37. The average Bonchev–Trinajstić information content (AvgIpc) is 2.13. The topological polar surface area (TPSA) is 0 Å². The second-order valence-corrected chi connectivity index (χ2v) is 3.46. The van der Waals surface area contributed by atoms with Crippen molar-refractivity contribution in [2.24, 2.45) is 0 Å². The Labute approximate surface area is 95.3 Å². The van der Waals surface area contributed by atoms with Gasteiger partial charge in [-0.2, -0.15) is 26.3 Å². The Morgan fingerprint density at radius 2 is 1.47 bits per heavy atom. The summed E-state index contributed by atoms with van der Waals surface area (Å²) in [7, 11) is 0. The minimum atomic E-state index is -4.86. The highest BCUT2D eigenvalue weighted by molar-refractivity contribution is 5.35. The van der Waals surface area contributed by atoms with Gasteiger partial charge in [0, 0.05) is 5.57 Å². The molecule has 0 spiro atoms. The molecular weight excluding hydrogens is 246 g/mol. The van der Waals surface area contributed by atoms with Crippen molar-refractivity contribution in [2.75, 3.05) is 0 Å². The number of rotatable bonds is 3. The fourth-order valence-electron chi connectivity index (χ4n) is 0.842. The molecule has 0 amide bonds. The molecule has 17 heavy (non-hydrogen) atoms. The molecule has 0 heterocycles. The van der Waals surface area contributed by atoms with E-state index in [1.165, 1.54) is 6.92 Å². The van der Waals surface area contributed by atoms with Gasteiger partial charge in [0.2, 0.25) is 0 Å². The minimum Gasteiger partial charge on any atom is -0.166 e.